The topological polar surface area (TPSA) is 43.1 Å². The molecule has 1 rings (SSSR count). The molecule has 0 saturated heterocycles. The number of hydrogen-bond acceptors (Lipinski definition) is 3. The first-order valence-corrected chi connectivity index (χ1v) is 3.33. The first kappa shape index (κ1) is 7.28. The Bertz CT molecular complexity index is 208. The van der Waals surface area contributed by atoms with Crippen molar-refractivity contribution >= 4 is 17.4 Å². The largest absolute Gasteiger partial charge is 0.364 e. The normalized spacial score (nSPS) is 9.70. The highest BCUT2D eigenvalue weighted by molar-refractivity contribution is 6.27. The van der Waals surface area contributed by atoms with Gasteiger partial charge in [0.1, 0.15) is 6.26 Å². The van der Waals surface area contributed by atoms with Gasteiger partial charge in [0.2, 0.25) is 0 Å². The minimum atomic E-state index is -0.0458. The Labute approximate surface area is 63.0 Å². The standard InChI is InChI=1S/C6H6ClNO2/c7-4-6(9)3-5-1-2-10-8-5/h1-2H,3-4H2. The summed E-state index contributed by atoms with van der Waals surface area (Å²) in [7, 11) is 0. The summed E-state index contributed by atoms with van der Waals surface area (Å²) in [4.78, 5) is 10.7. The van der Waals surface area contributed by atoms with Crippen LogP contribution in [0.25, 0.3) is 0 Å². The van der Waals surface area contributed by atoms with Crippen molar-refractivity contribution in [2.24, 2.45) is 0 Å². The van der Waals surface area contributed by atoms with Gasteiger partial charge in [-0.15, -0.1) is 11.6 Å². The highest BCUT2D eigenvalue weighted by Crippen LogP contribution is 1.96. The van der Waals surface area contributed by atoms with Gasteiger partial charge in [0.25, 0.3) is 0 Å². The van der Waals surface area contributed by atoms with E-state index in [1.165, 1.54) is 6.26 Å². The maximum absolute atomic E-state index is 10.7. The predicted octanol–water partition coefficient (Wildman–Crippen LogP) is 1.02. The van der Waals surface area contributed by atoms with Gasteiger partial charge < -0.3 is 4.52 Å². The molecule has 10 heavy (non-hydrogen) atoms. The number of ketones is 1. The average molecular weight is 160 g/mol. The summed E-state index contributed by atoms with van der Waals surface area (Å²) in [5.41, 5.74) is 0.630. The molecule has 0 aliphatic rings. The molecule has 54 valence electrons. The first-order chi connectivity index (χ1) is 4.83. The van der Waals surface area contributed by atoms with E-state index in [9.17, 15) is 4.79 Å². The third kappa shape index (κ3) is 1.84. The van der Waals surface area contributed by atoms with Crippen molar-refractivity contribution in [2.75, 3.05) is 5.88 Å². The van der Waals surface area contributed by atoms with Gasteiger partial charge in [-0.05, 0) is 0 Å². The molecule has 0 amide bonds. The van der Waals surface area contributed by atoms with Crippen LogP contribution < -0.4 is 0 Å². The van der Waals surface area contributed by atoms with E-state index in [2.05, 4.69) is 9.68 Å². The van der Waals surface area contributed by atoms with Gasteiger partial charge in [0.05, 0.1) is 18.0 Å². The van der Waals surface area contributed by atoms with E-state index in [-0.39, 0.29) is 18.1 Å². The zero-order valence-electron chi connectivity index (χ0n) is 5.21. The van der Waals surface area contributed by atoms with Crippen LogP contribution in [0, 0.1) is 0 Å². The highest BCUT2D eigenvalue weighted by atomic mass is 35.5. The van der Waals surface area contributed by atoms with Gasteiger partial charge in [-0.25, -0.2) is 0 Å². The van der Waals surface area contributed by atoms with Crippen LogP contribution in [-0.4, -0.2) is 16.8 Å². The highest BCUT2D eigenvalue weighted by Gasteiger charge is 2.03. The predicted molar refractivity (Wildman–Crippen MR) is 35.9 cm³/mol. The SMILES string of the molecule is O=C(CCl)Cc1ccon1. The Kier molecular flexibility index (Phi) is 2.45. The molecular weight excluding hydrogens is 154 g/mol. The Morgan fingerprint density at radius 3 is 3.10 bits per heavy atom. The number of carbonyl (C=O) groups is 1. The molecule has 0 spiro atoms. The number of hydrogen-bond donors (Lipinski definition) is 0. The van der Waals surface area contributed by atoms with E-state index in [0.29, 0.717) is 5.69 Å². The van der Waals surface area contributed by atoms with E-state index in [4.69, 9.17) is 11.6 Å². The second-order valence-corrected chi connectivity index (χ2v) is 2.11. The lowest BCUT2D eigenvalue weighted by Crippen LogP contribution is -2.03. The number of halogens is 1. The Hall–Kier alpha value is -0.830. The summed E-state index contributed by atoms with van der Waals surface area (Å²) in [6, 6.07) is 1.64. The van der Waals surface area contributed by atoms with Crippen molar-refractivity contribution in [1.29, 1.82) is 0 Å². The molecule has 0 aliphatic carbocycles. The fraction of sp³-hybridized carbons (Fsp3) is 0.333. The summed E-state index contributed by atoms with van der Waals surface area (Å²) in [6.45, 7) is 0. The van der Waals surface area contributed by atoms with Gasteiger partial charge in [0.15, 0.2) is 5.78 Å². The van der Waals surface area contributed by atoms with Crippen LogP contribution in [0.2, 0.25) is 0 Å². The molecule has 0 N–H and O–H groups in total. The fourth-order valence-corrected chi connectivity index (χ4v) is 0.672. The van der Waals surface area contributed by atoms with Crippen LogP contribution in [0.1, 0.15) is 5.69 Å². The Balaban J connectivity index is 2.48. The van der Waals surface area contributed by atoms with Gasteiger partial charge in [0, 0.05) is 6.07 Å². The summed E-state index contributed by atoms with van der Waals surface area (Å²) in [6.07, 6.45) is 1.69. The van der Waals surface area contributed by atoms with Gasteiger partial charge in [-0.3, -0.25) is 4.79 Å². The molecule has 0 atom stereocenters. The fourth-order valence-electron chi connectivity index (χ4n) is 0.578. The molecule has 0 unspecified atom stereocenters. The molecule has 0 radical (unpaired) electrons. The zero-order valence-corrected chi connectivity index (χ0v) is 5.97. The van der Waals surface area contributed by atoms with E-state index in [1.54, 1.807) is 6.07 Å². The average Bonchev–Trinajstić information content (AvgIpc) is 2.40. The van der Waals surface area contributed by atoms with Gasteiger partial charge >= 0.3 is 0 Å². The molecule has 1 aromatic heterocycles. The van der Waals surface area contributed by atoms with E-state index < -0.39 is 0 Å². The molecule has 3 nitrogen and oxygen atoms in total. The Morgan fingerprint density at radius 1 is 1.80 bits per heavy atom. The lowest BCUT2D eigenvalue weighted by molar-refractivity contribution is -0.116. The maximum Gasteiger partial charge on any atom is 0.153 e. The van der Waals surface area contributed by atoms with Gasteiger partial charge in [-0.2, -0.15) is 0 Å². The number of Topliss-reactive ketones (excluding diaryl/α,β-unsaturated/α-hetero) is 1. The third-order valence-electron chi connectivity index (χ3n) is 1.02. The first-order valence-electron chi connectivity index (χ1n) is 2.80. The van der Waals surface area contributed by atoms with Crippen LogP contribution in [0.4, 0.5) is 0 Å². The maximum atomic E-state index is 10.7. The van der Waals surface area contributed by atoms with Gasteiger partial charge in [-0.1, -0.05) is 5.16 Å². The number of alkyl halides is 1. The number of aromatic nitrogens is 1. The zero-order chi connectivity index (χ0) is 7.40. The summed E-state index contributed by atoms with van der Waals surface area (Å²) in [5, 5.41) is 3.55. The molecule has 1 aromatic rings. The third-order valence-corrected chi connectivity index (χ3v) is 1.32. The van der Waals surface area contributed by atoms with E-state index >= 15 is 0 Å². The van der Waals surface area contributed by atoms with Crippen LogP contribution >= 0.6 is 11.6 Å². The minimum Gasteiger partial charge on any atom is -0.364 e. The molecule has 0 saturated carbocycles. The van der Waals surface area contributed by atoms with Crippen molar-refractivity contribution in [3.05, 3.63) is 18.0 Å². The molecule has 1 heterocycles. The molecule has 0 aromatic carbocycles. The lowest BCUT2D eigenvalue weighted by Gasteiger charge is -1.87. The second kappa shape index (κ2) is 3.37. The van der Waals surface area contributed by atoms with Crippen molar-refractivity contribution < 1.29 is 9.32 Å². The molecular formula is C6H6ClNO2. The second-order valence-electron chi connectivity index (χ2n) is 1.84. The van der Waals surface area contributed by atoms with Crippen LogP contribution in [0.5, 0.6) is 0 Å². The summed E-state index contributed by atoms with van der Waals surface area (Å²) >= 11 is 5.26. The van der Waals surface area contributed by atoms with Crippen molar-refractivity contribution in [2.45, 2.75) is 6.42 Å². The quantitative estimate of drug-likeness (QED) is 0.619. The smallest absolute Gasteiger partial charge is 0.153 e. The molecule has 0 bridgehead atoms. The Morgan fingerprint density at radius 2 is 2.60 bits per heavy atom. The summed E-state index contributed by atoms with van der Waals surface area (Å²) < 4.78 is 4.51. The molecule has 4 heteroatoms. The lowest BCUT2D eigenvalue weighted by atomic mass is 10.2. The minimum absolute atomic E-state index is 0.0346. The van der Waals surface area contributed by atoms with Crippen LogP contribution in [0.3, 0.4) is 0 Å². The molecule has 0 aliphatic heterocycles. The summed E-state index contributed by atoms with van der Waals surface area (Å²) in [5.74, 6) is -0.0112. The van der Waals surface area contributed by atoms with Crippen LogP contribution in [-0.2, 0) is 11.2 Å². The number of carbonyl (C=O) groups excluding carboxylic acids is 1. The molecule has 0 fully saturated rings. The van der Waals surface area contributed by atoms with Crippen LogP contribution in [0.15, 0.2) is 16.9 Å². The van der Waals surface area contributed by atoms with Crippen molar-refractivity contribution in [3.8, 4) is 0 Å². The van der Waals surface area contributed by atoms with Crippen molar-refractivity contribution in [1.82, 2.24) is 5.16 Å². The number of nitrogens with zero attached hydrogens (tertiary/aromatic N) is 1. The monoisotopic (exact) mass is 159 g/mol. The number of rotatable bonds is 3. The van der Waals surface area contributed by atoms with E-state index in [1.807, 2.05) is 0 Å². The van der Waals surface area contributed by atoms with Crippen molar-refractivity contribution in [3.63, 3.8) is 0 Å². The van der Waals surface area contributed by atoms with E-state index in [0.717, 1.165) is 0 Å².